The zero-order chi connectivity index (χ0) is 10.9. The lowest BCUT2D eigenvalue weighted by Crippen LogP contribution is -2.35. The first-order valence-electron chi connectivity index (χ1n) is 5.62. The van der Waals surface area contributed by atoms with Gasteiger partial charge >= 0.3 is 0 Å². The van der Waals surface area contributed by atoms with E-state index in [2.05, 4.69) is 36.2 Å². The molecule has 4 nitrogen and oxygen atoms in total. The lowest BCUT2D eigenvalue weighted by Gasteiger charge is -2.21. The third-order valence-electron chi connectivity index (χ3n) is 2.72. The van der Waals surface area contributed by atoms with Crippen LogP contribution < -0.4 is 5.32 Å². The van der Waals surface area contributed by atoms with Gasteiger partial charge in [-0.3, -0.25) is 0 Å². The van der Waals surface area contributed by atoms with Crippen molar-refractivity contribution in [3.8, 4) is 0 Å². The minimum absolute atomic E-state index is 0.0884. The smallest absolute Gasteiger partial charge is 0.240 e. The monoisotopic (exact) mass is 209 g/mol. The SMILES string of the molecule is CC(C)(C)NCc1nc(C2CCC2)no1. The Morgan fingerprint density at radius 1 is 1.40 bits per heavy atom. The molecule has 84 valence electrons. The van der Waals surface area contributed by atoms with Gasteiger partial charge in [-0.25, -0.2) is 0 Å². The molecule has 1 aliphatic carbocycles. The lowest BCUT2D eigenvalue weighted by atomic mass is 9.85. The molecule has 1 heterocycles. The van der Waals surface area contributed by atoms with Gasteiger partial charge in [-0.05, 0) is 33.6 Å². The molecule has 1 saturated carbocycles. The van der Waals surface area contributed by atoms with E-state index in [0.717, 1.165) is 5.82 Å². The summed E-state index contributed by atoms with van der Waals surface area (Å²) in [6.07, 6.45) is 3.73. The summed E-state index contributed by atoms with van der Waals surface area (Å²) in [6, 6.07) is 0. The summed E-state index contributed by atoms with van der Waals surface area (Å²) in [6.45, 7) is 7.02. The fourth-order valence-electron chi connectivity index (χ4n) is 1.51. The summed E-state index contributed by atoms with van der Waals surface area (Å²) in [7, 11) is 0. The molecule has 0 aromatic carbocycles. The Morgan fingerprint density at radius 2 is 2.13 bits per heavy atom. The van der Waals surface area contributed by atoms with Gasteiger partial charge in [0.2, 0.25) is 5.89 Å². The van der Waals surface area contributed by atoms with Crippen molar-refractivity contribution >= 4 is 0 Å². The average molecular weight is 209 g/mol. The van der Waals surface area contributed by atoms with Crippen LogP contribution in [0.5, 0.6) is 0 Å². The van der Waals surface area contributed by atoms with Crippen molar-refractivity contribution in [2.24, 2.45) is 0 Å². The third kappa shape index (κ3) is 2.78. The number of hydrogen-bond donors (Lipinski definition) is 1. The number of hydrogen-bond acceptors (Lipinski definition) is 4. The van der Waals surface area contributed by atoms with Crippen LogP contribution in [0.25, 0.3) is 0 Å². The molecular formula is C11H19N3O. The Morgan fingerprint density at radius 3 is 2.67 bits per heavy atom. The summed E-state index contributed by atoms with van der Waals surface area (Å²) < 4.78 is 5.19. The second-order valence-electron chi connectivity index (χ2n) is 5.28. The number of nitrogens with zero attached hydrogens (tertiary/aromatic N) is 2. The van der Waals surface area contributed by atoms with Crippen LogP contribution in [0.3, 0.4) is 0 Å². The van der Waals surface area contributed by atoms with Gasteiger partial charge in [0.05, 0.1) is 6.54 Å². The van der Waals surface area contributed by atoms with Gasteiger partial charge in [0.25, 0.3) is 0 Å². The first-order valence-corrected chi connectivity index (χ1v) is 5.62. The second kappa shape index (κ2) is 3.93. The van der Waals surface area contributed by atoms with E-state index < -0.39 is 0 Å². The van der Waals surface area contributed by atoms with E-state index in [9.17, 15) is 0 Å². The minimum Gasteiger partial charge on any atom is -0.338 e. The van der Waals surface area contributed by atoms with Crippen molar-refractivity contribution in [3.05, 3.63) is 11.7 Å². The number of nitrogens with one attached hydrogen (secondary N) is 1. The summed E-state index contributed by atoms with van der Waals surface area (Å²) in [4.78, 5) is 4.40. The Kier molecular flexibility index (Phi) is 2.78. The Hall–Kier alpha value is -0.900. The highest BCUT2D eigenvalue weighted by Crippen LogP contribution is 2.34. The highest BCUT2D eigenvalue weighted by molar-refractivity contribution is 4.99. The van der Waals surface area contributed by atoms with E-state index in [1.807, 2.05) is 0 Å². The predicted octanol–water partition coefficient (Wildman–Crippen LogP) is 2.23. The van der Waals surface area contributed by atoms with Gasteiger partial charge in [-0.2, -0.15) is 4.98 Å². The number of aromatic nitrogens is 2. The molecule has 0 saturated heterocycles. The van der Waals surface area contributed by atoms with Gasteiger partial charge in [0.15, 0.2) is 5.82 Å². The van der Waals surface area contributed by atoms with Crippen LogP contribution in [0.1, 0.15) is 57.7 Å². The fourth-order valence-corrected chi connectivity index (χ4v) is 1.51. The fraction of sp³-hybridized carbons (Fsp3) is 0.818. The Balaban J connectivity index is 1.89. The van der Waals surface area contributed by atoms with Crippen LogP contribution in [0.2, 0.25) is 0 Å². The molecule has 0 radical (unpaired) electrons. The standard InChI is InChI=1S/C11H19N3O/c1-11(2,3)12-7-9-13-10(14-15-9)8-5-4-6-8/h8,12H,4-7H2,1-3H3. The van der Waals surface area contributed by atoms with Crippen LogP contribution in [0.4, 0.5) is 0 Å². The van der Waals surface area contributed by atoms with Crippen LogP contribution in [-0.4, -0.2) is 15.7 Å². The van der Waals surface area contributed by atoms with E-state index in [1.165, 1.54) is 19.3 Å². The van der Waals surface area contributed by atoms with Crippen LogP contribution in [0.15, 0.2) is 4.52 Å². The molecule has 0 bridgehead atoms. The van der Waals surface area contributed by atoms with Crippen molar-refractivity contribution in [1.82, 2.24) is 15.5 Å². The maximum atomic E-state index is 5.19. The third-order valence-corrected chi connectivity index (χ3v) is 2.72. The molecule has 0 unspecified atom stereocenters. The maximum Gasteiger partial charge on any atom is 0.240 e. The van der Waals surface area contributed by atoms with Crippen molar-refractivity contribution in [2.45, 2.75) is 58.0 Å². The zero-order valence-corrected chi connectivity index (χ0v) is 9.71. The second-order valence-corrected chi connectivity index (χ2v) is 5.28. The molecule has 1 N–H and O–H groups in total. The van der Waals surface area contributed by atoms with Gasteiger partial charge < -0.3 is 9.84 Å². The van der Waals surface area contributed by atoms with E-state index in [-0.39, 0.29) is 5.54 Å². The van der Waals surface area contributed by atoms with E-state index in [4.69, 9.17) is 4.52 Å². The summed E-state index contributed by atoms with van der Waals surface area (Å²) in [5.41, 5.74) is 0.0884. The molecule has 1 fully saturated rings. The molecule has 1 aromatic heterocycles. The normalized spacial score (nSPS) is 17.8. The van der Waals surface area contributed by atoms with Gasteiger partial charge in [0, 0.05) is 11.5 Å². The molecule has 2 rings (SSSR count). The summed E-state index contributed by atoms with van der Waals surface area (Å²) >= 11 is 0. The van der Waals surface area contributed by atoms with Crippen LogP contribution in [0, 0.1) is 0 Å². The zero-order valence-electron chi connectivity index (χ0n) is 9.71. The Labute approximate surface area is 90.4 Å². The molecular weight excluding hydrogens is 190 g/mol. The largest absolute Gasteiger partial charge is 0.338 e. The van der Waals surface area contributed by atoms with E-state index in [0.29, 0.717) is 18.4 Å². The van der Waals surface area contributed by atoms with Gasteiger partial charge in [0.1, 0.15) is 0 Å². The molecule has 0 amide bonds. The maximum absolute atomic E-state index is 5.19. The molecule has 0 spiro atoms. The van der Waals surface area contributed by atoms with Crippen molar-refractivity contribution in [1.29, 1.82) is 0 Å². The van der Waals surface area contributed by atoms with E-state index in [1.54, 1.807) is 0 Å². The van der Waals surface area contributed by atoms with Crippen LogP contribution >= 0.6 is 0 Å². The molecule has 1 aromatic rings. The van der Waals surface area contributed by atoms with E-state index >= 15 is 0 Å². The quantitative estimate of drug-likeness (QED) is 0.829. The average Bonchev–Trinajstić information content (AvgIpc) is 2.45. The molecule has 4 heteroatoms. The molecule has 15 heavy (non-hydrogen) atoms. The molecule has 0 atom stereocenters. The van der Waals surface area contributed by atoms with Crippen molar-refractivity contribution in [2.75, 3.05) is 0 Å². The van der Waals surface area contributed by atoms with Crippen molar-refractivity contribution < 1.29 is 4.52 Å². The highest BCUT2D eigenvalue weighted by atomic mass is 16.5. The molecule has 1 aliphatic rings. The summed E-state index contributed by atoms with van der Waals surface area (Å²) in [5.74, 6) is 2.15. The molecule has 0 aliphatic heterocycles. The first-order chi connectivity index (χ1) is 7.04. The van der Waals surface area contributed by atoms with Gasteiger partial charge in [-0.15, -0.1) is 0 Å². The van der Waals surface area contributed by atoms with Crippen LogP contribution in [-0.2, 0) is 6.54 Å². The lowest BCUT2D eigenvalue weighted by molar-refractivity contribution is 0.324. The van der Waals surface area contributed by atoms with Gasteiger partial charge in [-0.1, -0.05) is 11.6 Å². The Bertz CT molecular complexity index is 323. The van der Waals surface area contributed by atoms with Crippen molar-refractivity contribution in [3.63, 3.8) is 0 Å². The minimum atomic E-state index is 0.0884. The number of rotatable bonds is 3. The first kappa shape index (κ1) is 10.6. The predicted molar refractivity (Wildman–Crippen MR) is 57.5 cm³/mol. The highest BCUT2D eigenvalue weighted by Gasteiger charge is 2.24. The topological polar surface area (TPSA) is 51.0 Å². The summed E-state index contributed by atoms with van der Waals surface area (Å²) in [5, 5.41) is 7.34.